The highest BCUT2D eigenvalue weighted by Gasteiger charge is 2.42. The van der Waals surface area contributed by atoms with Crippen molar-refractivity contribution in [3.8, 4) is 0 Å². The highest BCUT2D eigenvalue weighted by Crippen LogP contribution is 2.49. The molecule has 1 aromatic rings. The largest absolute Gasteiger partial charge is 0.306 e. The van der Waals surface area contributed by atoms with Gasteiger partial charge in [0.05, 0.1) is 0 Å². The van der Waals surface area contributed by atoms with Crippen molar-refractivity contribution in [2.45, 2.75) is 43.9 Å². The van der Waals surface area contributed by atoms with Gasteiger partial charge in [0.1, 0.15) is 0 Å². The van der Waals surface area contributed by atoms with Crippen molar-refractivity contribution >= 4 is 0 Å². The van der Waals surface area contributed by atoms with Crippen LogP contribution in [-0.4, -0.2) is 25.0 Å². The third-order valence-electron chi connectivity index (χ3n) is 5.34. The fourth-order valence-electron chi connectivity index (χ4n) is 4.27. The van der Waals surface area contributed by atoms with Gasteiger partial charge < -0.3 is 4.90 Å². The van der Waals surface area contributed by atoms with E-state index in [9.17, 15) is 0 Å². The predicted molar refractivity (Wildman–Crippen MR) is 76.8 cm³/mol. The lowest BCUT2D eigenvalue weighted by atomic mass is 9.65. The van der Waals surface area contributed by atoms with Crippen LogP contribution in [-0.2, 0) is 5.41 Å². The topological polar surface area (TPSA) is 3.24 Å². The van der Waals surface area contributed by atoms with Crippen LogP contribution in [0.1, 0.15) is 44.1 Å². The van der Waals surface area contributed by atoms with Crippen LogP contribution in [0.5, 0.6) is 0 Å². The first-order chi connectivity index (χ1) is 8.81. The molecule has 0 aromatic heterocycles. The van der Waals surface area contributed by atoms with Crippen LogP contribution in [0.25, 0.3) is 0 Å². The average Bonchev–Trinajstić information content (AvgIpc) is 2.91. The van der Waals surface area contributed by atoms with Crippen molar-refractivity contribution in [2.24, 2.45) is 5.92 Å². The lowest BCUT2D eigenvalue weighted by Gasteiger charge is -2.42. The first-order valence-electron chi connectivity index (χ1n) is 7.55. The maximum absolute atomic E-state index is 2.49. The number of rotatable bonds is 2. The fourth-order valence-corrected chi connectivity index (χ4v) is 4.27. The van der Waals surface area contributed by atoms with Crippen LogP contribution in [0, 0.1) is 5.92 Å². The predicted octanol–water partition coefficient (Wildman–Crippen LogP) is 3.84. The van der Waals surface area contributed by atoms with Crippen molar-refractivity contribution < 1.29 is 0 Å². The van der Waals surface area contributed by atoms with E-state index in [4.69, 9.17) is 0 Å². The number of likely N-dealkylation sites (tertiary alicyclic amines) is 1. The molecule has 1 aliphatic heterocycles. The Morgan fingerprint density at radius 3 is 2.22 bits per heavy atom. The third kappa shape index (κ3) is 2.09. The lowest BCUT2D eigenvalue weighted by molar-refractivity contribution is 0.146. The molecule has 1 nitrogen and oxygen atoms in total. The highest BCUT2D eigenvalue weighted by molar-refractivity contribution is 5.28. The van der Waals surface area contributed by atoms with Gasteiger partial charge in [-0.2, -0.15) is 0 Å². The van der Waals surface area contributed by atoms with E-state index in [2.05, 4.69) is 42.3 Å². The number of nitrogens with zero attached hydrogens (tertiary/aromatic N) is 1. The summed E-state index contributed by atoms with van der Waals surface area (Å²) >= 11 is 0. The number of piperidine rings is 1. The Morgan fingerprint density at radius 2 is 1.61 bits per heavy atom. The van der Waals surface area contributed by atoms with E-state index in [1.54, 1.807) is 5.56 Å². The highest BCUT2D eigenvalue weighted by atomic mass is 15.1. The molecular formula is C17H25N. The van der Waals surface area contributed by atoms with Gasteiger partial charge >= 0.3 is 0 Å². The Bertz CT molecular complexity index is 370. The van der Waals surface area contributed by atoms with Gasteiger partial charge in [-0.15, -0.1) is 0 Å². The molecule has 98 valence electrons. The molecule has 1 aromatic carbocycles. The lowest BCUT2D eigenvalue weighted by Crippen LogP contribution is -2.40. The molecule has 3 rings (SSSR count). The van der Waals surface area contributed by atoms with Gasteiger partial charge in [-0.3, -0.25) is 0 Å². The van der Waals surface area contributed by atoms with Crippen molar-refractivity contribution in [3.05, 3.63) is 35.9 Å². The minimum absolute atomic E-state index is 0.516. The smallest absolute Gasteiger partial charge is 0.00178 e. The van der Waals surface area contributed by atoms with Crippen molar-refractivity contribution in [1.82, 2.24) is 4.90 Å². The van der Waals surface area contributed by atoms with Crippen LogP contribution in [0.4, 0.5) is 0 Å². The SMILES string of the molecule is CN1CCC(C2(c3ccccc3)CCCC2)CC1. The second-order valence-electron chi connectivity index (χ2n) is 6.31. The quantitative estimate of drug-likeness (QED) is 0.763. The molecule has 2 fully saturated rings. The van der Waals surface area contributed by atoms with Gasteiger partial charge in [0.15, 0.2) is 0 Å². The van der Waals surface area contributed by atoms with E-state index < -0.39 is 0 Å². The van der Waals surface area contributed by atoms with Gasteiger partial charge in [-0.25, -0.2) is 0 Å². The van der Waals surface area contributed by atoms with Crippen LogP contribution in [0.2, 0.25) is 0 Å². The van der Waals surface area contributed by atoms with Gasteiger partial charge in [0.25, 0.3) is 0 Å². The van der Waals surface area contributed by atoms with E-state index in [0.29, 0.717) is 5.41 Å². The van der Waals surface area contributed by atoms with Crippen LogP contribution >= 0.6 is 0 Å². The number of benzene rings is 1. The van der Waals surface area contributed by atoms with E-state index in [1.807, 2.05) is 0 Å². The molecule has 0 unspecified atom stereocenters. The van der Waals surface area contributed by atoms with Crippen LogP contribution in [0.3, 0.4) is 0 Å². The molecule has 1 heterocycles. The Hall–Kier alpha value is -0.820. The van der Waals surface area contributed by atoms with Crippen molar-refractivity contribution in [1.29, 1.82) is 0 Å². The zero-order valence-electron chi connectivity index (χ0n) is 11.6. The van der Waals surface area contributed by atoms with Gasteiger partial charge in [0, 0.05) is 0 Å². The molecule has 1 saturated carbocycles. The van der Waals surface area contributed by atoms with E-state index in [-0.39, 0.29) is 0 Å². The fraction of sp³-hybridized carbons (Fsp3) is 0.647. The number of hydrogen-bond acceptors (Lipinski definition) is 1. The van der Waals surface area contributed by atoms with Gasteiger partial charge in [0.2, 0.25) is 0 Å². The Labute approximate surface area is 111 Å². The summed E-state index contributed by atoms with van der Waals surface area (Å²) in [6.45, 7) is 2.58. The van der Waals surface area contributed by atoms with Gasteiger partial charge in [-0.1, -0.05) is 43.2 Å². The summed E-state index contributed by atoms with van der Waals surface area (Å²) < 4.78 is 0. The summed E-state index contributed by atoms with van der Waals surface area (Å²) in [4.78, 5) is 2.49. The maximum Gasteiger partial charge on any atom is -0.00178 e. The molecule has 1 aliphatic carbocycles. The zero-order chi connectivity index (χ0) is 12.4. The molecule has 2 aliphatic rings. The Kier molecular flexibility index (Phi) is 3.43. The summed E-state index contributed by atoms with van der Waals surface area (Å²) in [5, 5.41) is 0. The monoisotopic (exact) mass is 243 g/mol. The second-order valence-corrected chi connectivity index (χ2v) is 6.31. The van der Waals surface area contributed by atoms with Crippen molar-refractivity contribution in [2.75, 3.05) is 20.1 Å². The molecule has 1 heteroatoms. The normalized spacial score (nSPS) is 25.4. The standard InChI is InChI=1S/C17H25N/c1-18-13-9-16(10-14-18)17(11-5-6-12-17)15-7-3-2-4-8-15/h2-4,7-8,16H,5-6,9-14H2,1H3. The van der Waals surface area contributed by atoms with Crippen molar-refractivity contribution in [3.63, 3.8) is 0 Å². The zero-order valence-corrected chi connectivity index (χ0v) is 11.6. The first kappa shape index (κ1) is 12.2. The number of hydrogen-bond donors (Lipinski definition) is 0. The molecule has 0 spiro atoms. The summed E-state index contributed by atoms with van der Waals surface area (Å²) in [5.74, 6) is 0.915. The van der Waals surface area contributed by atoms with Crippen LogP contribution < -0.4 is 0 Å². The minimum atomic E-state index is 0.516. The molecule has 18 heavy (non-hydrogen) atoms. The molecule has 0 atom stereocenters. The Morgan fingerprint density at radius 1 is 1.00 bits per heavy atom. The van der Waals surface area contributed by atoms with Crippen LogP contribution in [0.15, 0.2) is 30.3 Å². The second kappa shape index (κ2) is 5.05. The third-order valence-corrected chi connectivity index (χ3v) is 5.34. The van der Waals surface area contributed by atoms with E-state index in [0.717, 1.165) is 5.92 Å². The maximum atomic E-state index is 2.49. The Balaban J connectivity index is 1.87. The summed E-state index contributed by atoms with van der Waals surface area (Å²) in [7, 11) is 2.26. The molecular weight excluding hydrogens is 218 g/mol. The molecule has 0 N–H and O–H groups in total. The molecule has 1 saturated heterocycles. The van der Waals surface area contributed by atoms with E-state index >= 15 is 0 Å². The molecule has 0 radical (unpaired) electrons. The first-order valence-corrected chi connectivity index (χ1v) is 7.55. The van der Waals surface area contributed by atoms with E-state index in [1.165, 1.54) is 51.6 Å². The summed E-state index contributed by atoms with van der Waals surface area (Å²) in [5.41, 5.74) is 2.14. The van der Waals surface area contributed by atoms with Gasteiger partial charge in [-0.05, 0) is 62.7 Å². The summed E-state index contributed by atoms with van der Waals surface area (Å²) in [6.07, 6.45) is 8.50. The minimum Gasteiger partial charge on any atom is -0.306 e. The molecule has 0 amide bonds. The molecule has 0 bridgehead atoms. The summed E-state index contributed by atoms with van der Waals surface area (Å²) in [6, 6.07) is 11.4. The average molecular weight is 243 g/mol.